The number of hydrogen-bond donors (Lipinski definition) is 2. The Kier molecular flexibility index (Phi) is 4.93. The molecule has 0 spiro atoms. The summed E-state index contributed by atoms with van der Waals surface area (Å²) in [5.41, 5.74) is 0.582. The Bertz CT molecular complexity index is 509. The second kappa shape index (κ2) is 6.02. The van der Waals surface area contributed by atoms with Gasteiger partial charge in [-0.1, -0.05) is 18.2 Å². The van der Waals surface area contributed by atoms with E-state index in [4.69, 9.17) is 0 Å². The molecule has 0 aliphatic rings. The summed E-state index contributed by atoms with van der Waals surface area (Å²) in [7, 11) is -3.49. The molecule has 0 saturated heterocycles. The van der Waals surface area contributed by atoms with E-state index in [1.807, 2.05) is 6.92 Å². The van der Waals surface area contributed by atoms with E-state index in [2.05, 4.69) is 16.6 Å². The fourth-order valence-electron chi connectivity index (χ4n) is 1.50. The van der Waals surface area contributed by atoms with E-state index >= 15 is 0 Å². The average Bonchev–Trinajstić information content (AvgIpc) is 2.27. The minimum atomic E-state index is -3.49. The van der Waals surface area contributed by atoms with Gasteiger partial charge in [0, 0.05) is 12.1 Å². The molecule has 0 aliphatic heterocycles. The molecule has 0 radical (unpaired) electrons. The Morgan fingerprint density at radius 1 is 1.22 bits per heavy atom. The van der Waals surface area contributed by atoms with E-state index in [0.29, 0.717) is 5.69 Å². The lowest BCUT2D eigenvalue weighted by molar-refractivity contribution is 0.570. The summed E-state index contributed by atoms with van der Waals surface area (Å²) in [5, 5.41) is 3.10. The molecule has 2 N–H and O–H groups in total. The van der Waals surface area contributed by atoms with Crippen molar-refractivity contribution in [2.75, 3.05) is 5.32 Å². The van der Waals surface area contributed by atoms with Gasteiger partial charge in [-0.2, -0.15) is 0 Å². The van der Waals surface area contributed by atoms with Gasteiger partial charge in [-0.05, 0) is 32.9 Å². The van der Waals surface area contributed by atoms with Crippen LogP contribution in [0.25, 0.3) is 0 Å². The molecule has 1 rings (SSSR count). The highest BCUT2D eigenvalue weighted by atomic mass is 32.2. The summed E-state index contributed by atoms with van der Waals surface area (Å²) in [5.74, 6) is 0. The SMILES string of the molecule is C=CC(C)Nc1ccccc1S(=O)(=O)NC(C)C. The smallest absolute Gasteiger partial charge is 0.242 e. The molecular weight excluding hydrogens is 248 g/mol. The van der Waals surface area contributed by atoms with Crippen molar-refractivity contribution in [2.24, 2.45) is 0 Å². The van der Waals surface area contributed by atoms with Crippen LogP contribution in [-0.2, 0) is 10.0 Å². The molecule has 0 bridgehead atoms. The third-order valence-corrected chi connectivity index (χ3v) is 4.02. The predicted molar refractivity (Wildman–Crippen MR) is 75.2 cm³/mol. The van der Waals surface area contributed by atoms with E-state index in [1.54, 1.807) is 44.2 Å². The van der Waals surface area contributed by atoms with Crippen molar-refractivity contribution < 1.29 is 8.42 Å². The molecule has 0 aliphatic carbocycles. The lowest BCUT2D eigenvalue weighted by Gasteiger charge is -2.16. The third kappa shape index (κ3) is 3.85. The standard InChI is InChI=1S/C13H20N2O2S/c1-5-11(4)14-12-8-6-7-9-13(12)18(16,17)15-10(2)3/h5-11,14-15H,1H2,2-4H3. The van der Waals surface area contributed by atoms with Gasteiger partial charge in [-0.15, -0.1) is 6.58 Å². The van der Waals surface area contributed by atoms with Gasteiger partial charge in [0.15, 0.2) is 0 Å². The molecule has 4 nitrogen and oxygen atoms in total. The number of sulfonamides is 1. The minimum Gasteiger partial charge on any atom is -0.378 e. The molecule has 1 unspecified atom stereocenters. The molecular formula is C13H20N2O2S. The van der Waals surface area contributed by atoms with Crippen LogP contribution in [0.2, 0.25) is 0 Å². The fraction of sp³-hybridized carbons (Fsp3) is 0.385. The number of nitrogens with one attached hydrogen (secondary N) is 2. The van der Waals surface area contributed by atoms with Crippen molar-refractivity contribution in [3.05, 3.63) is 36.9 Å². The van der Waals surface area contributed by atoms with Gasteiger partial charge in [-0.3, -0.25) is 0 Å². The van der Waals surface area contributed by atoms with Gasteiger partial charge < -0.3 is 5.32 Å². The first kappa shape index (κ1) is 14.7. The molecule has 0 amide bonds. The normalized spacial score (nSPS) is 13.3. The Morgan fingerprint density at radius 3 is 2.39 bits per heavy atom. The lowest BCUT2D eigenvalue weighted by atomic mass is 10.2. The summed E-state index contributed by atoms with van der Waals surface area (Å²) in [6, 6.07) is 6.70. The number of anilines is 1. The second-order valence-electron chi connectivity index (χ2n) is 4.44. The molecule has 5 heteroatoms. The van der Waals surface area contributed by atoms with Crippen molar-refractivity contribution in [1.29, 1.82) is 0 Å². The van der Waals surface area contributed by atoms with Crippen LogP contribution in [0.3, 0.4) is 0 Å². The first-order chi connectivity index (χ1) is 8.36. The topological polar surface area (TPSA) is 58.2 Å². The number of para-hydroxylation sites is 1. The highest BCUT2D eigenvalue weighted by Crippen LogP contribution is 2.21. The second-order valence-corrected chi connectivity index (χ2v) is 6.12. The Hall–Kier alpha value is -1.33. The van der Waals surface area contributed by atoms with Gasteiger partial charge in [-0.25, -0.2) is 13.1 Å². The van der Waals surface area contributed by atoms with Crippen molar-refractivity contribution in [3.63, 3.8) is 0 Å². The Morgan fingerprint density at radius 2 is 1.83 bits per heavy atom. The van der Waals surface area contributed by atoms with E-state index < -0.39 is 10.0 Å². The molecule has 18 heavy (non-hydrogen) atoms. The fourth-order valence-corrected chi connectivity index (χ4v) is 2.92. The van der Waals surface area contributed by atoms with Crippen LogP contribution in [0, 0.1) is 0 Å². The first-order valence-electron chi connectivity index (χ1n) is 5.87. The maximum Gasteiger partial charge on any atom is 0.242 e. The summed E-state index contributed by atoms with van der Waals surface area (Å²) in [6.07, 6.45) is 1.72. The van der Waals surface area contributed by atoms with Crippen LogP contribution < -0.4 is 10.0 Å². The lowest BCUT2D eigenvalue weighted by Crippen LogP contribution is -2.31. The quantitative estimate of drug-likeness (QED) is 0.779. The zero-order valence-corrected chi connectivity index (χ0v) is 11.8. The largest absolute Gasteiger partial charge is 0.378 e. The third-order valence-electron chi connectivity index (χ3n) is 2.30. The molecule has 0 saturated carbocycles. The van der Waals surface area contributed by atoms with Crippen LogP contribution in [-0.4, -0.2) is 20.5 Å². The maximum absolute atomic E-state index is 12.2. The predicted octanol–water partition coefficient (Wildman–Crippen LogP) is 2.36. The van der Waals surface area contributed by atoms with Gasteiger partial charge >= 0.3 is 0 Å². The first-order valence-corrected chi connectivity index (χ1v) is 7.35. The van der Waals surface area contributed by atoms with Crippen LogP contribution in [0.1, 0.15) is 20.8 Å². The zero-order valence-electron chi connectivity index (χ0n) is 11.0. The molecule has 0 fully saturated rings. The molecule has 0 heterocycles. The van der Waals surface area contributed by atoms with E-state index in [0.717, 1.165) is 0 Å². The van der Waals surface area contributed by atoms with E-state index in [-0.39, 0.29) is 17.0 Å². The van der Waals surface area contributed by atoms with Crippen LogP contribution in [0.5, 0.6) is 0 Å². The van der Waals surface area contributed by atoms with E-state index in [9.17, 15) is 8.42 Å². The van der Waals surface area contributed by atoms with Gasteiger partial charge in [0.25, 0.3) is 0 Å². The number of hydrogen-bond acceptors (Lipinski definition) is 3. The van der Waals surface area contributed by atoms with Crippen molar-refractivity contribution in [3.8, 4) is 0 Å². The highest BCUT2D eigenvalue weighted by Gasteiger charge is 2.19. The highest BCUT2D eigenvalue weighted by molar-refractivity contribution is 7.89. The van der Waals surface area contributed by atoms with Crippen LogP contribution in [0.15, 0.2) is 41.8 Å². The van der Waals surface area contributed by atoms with Gasteiger partial charge in [0.2, 0.25) is 10.0 Å². The van der Waals surface area contributed by atoms with Crippen molar-refractivity contribution >= 4 is 15.7 Å². The molecule has 1 aromatic carbocycles. The monoisotopic (exact) mass is 268 g/mol. The number of benzene rings is 1. The average molecular weight is 268 g/mol. The Labute approximate surface area is 109 Å². The minimum absolute atomic E-state index is 0.000370. The van der Waals surface area contributed by atoms with Crippen molar-refractivity contribution in [1.82, 2.24) is 4.72 Å². The molecule has 0 aromatic heterocycles. The molecule has 100 valence electrons. The van der Waals surface area contributed by atoms with Crippen LogP contribution in [0.4, 0.5) is 5.69 Å². The van der Waals surface area contributed by atoms with Crippen molar-refractivity contribution in [2.45, 2.75) is 37.8 Å². The van der Waals surface area contributed by atoms with E-state index in [1.165, 1.54) is 0 Å². The summed E-state index contributed by atoms with van der Waals surface area (Å²) in [6.45, 7) is 9.16. The maximum atomic E-state index is 12.2. The van der Waals surface area contributed by atoms with Gasteiger partial charge in [0.1, 0.15) is 4.90 Å². The van der Waals surface area contributed by atoms with Gasteiger partial charge in [0.05, 0.1) is 5.69 Å². The summed E-state index contributed by atoms with van der Waals surface area (Å²) < 4.78 is 26.9. The number of rotatable bonds is 6. The van der Waals surface area contributed by atoms with Crippen LogP contribution >= 0.6 is 0 Å². The molecule has 1 atom stereocenters. The molecule has 1 aromatic rings. The summed E-state index contributed by atoms with van der Waals surface area (Å²) >= 11 is 0. The zero-order chi connectivity index (χ0) is 13.8. The summed E-state index contributed by atoms with van der Waals surface area (Å²) in [4.78, 5) is 0.257. The Balaban J connectivity index is 3.12.